The Balaban J connectivity index is 1.92. The zero-order valence-electron chi connectivity index (χ0n) is 17.0. The monoisotopic (exact) mass is 413 g/mol. The number of hydrogen-bond acceptors (Lipinski definition) is 4. The molecule has 2 aromatic carbocycles. The lowest BCUT2D eigenvalue weighted by molar-refractivity contribution is -0.148. The van der Waals surface area contributed by atoms with Gasteiger partial charge < -0.3 is 10.1 Å². The molecule has 0 aliphatic rings. The number of halogens is 2. The number of benzene rings is 2. The van der Waals surface area contributed by atoms with E-state index in [9.17, 15) is 18.4 Å². The Morgan fingerprint density at radius 3 is 2.30 bits per heavy atom. The Kier molecular flexibility index (Phi) is 5.69. The summed E-state index contributed by atoms with van der Waals surface area (Å²) in [6.07, 6.45) is 0. The molecule has 0 aliphatic carbocycles. The number of aryl methyl sites for hydroxylation is 2. The standard InChI is InChI=1S/C22H21F2N3O3/c1-13-11-14(2)27(26-13)17-8-5-15(6-9-17)20(28)25-22(3,21(29)30-4)18-12-16(23)7-10-19(18)24/h5-12H,1-4H3,(H,25,28)/t22-/m0/s1. The minimum atomic E-state index is -1.92. The van der Waals surface area contributed by atoms with Gasteiger partial charge in [-0.05, 0) is 69.3 Å². The van der Waals surface area contributed by atoms with Crippen molar-refractivity contribution < 1.29 is 23.1 Å². The first-order chi connectivity index (χ1) is 14.2. The molecule has 0 radical (unpaired) electrons. The number of carbonyl (C=O) groups excluding carboxylic acids is 2. The van der Waals surface area contributed by atoms with Crippen LogP contribution in [0.5, 0.6) is 0 Å². The van der Waals surface area contributed by atoms with E-state index in [1.807, 2.05) is 19.9 Å². The van der Waals surface area contributed by atoms with Crippen LogP contribution in [0.1, 0.15) is 34.2 Å². The van der Waals surface area contributed by atoms with Gasteiger partial charge in [0.1, 0.15) is 11.6 Å². The highest BCUT2D eigenvalue weighted by Crippen LogP contribution is 2.27. The van der Waals surface area contributed by atoms with E-state index in [2.05, 4.69) is 10.4 Å². The van der Waals surface area contributed by atoms with Crippen LogP contribution in [0.3, 0.4) is 0 Å². The highest BCUT2D eigenvalue weighted by molar-refractivity contribution is 5.98. The summed E-state index contributed by atoms with van der Waals surface area (Å²) in [6.45, 7) is 5.05. The second-order valence-corrected chi connectivity index (χ2v) is 7.08. The fourth-order valence-electron chi connectivity index (χ4n) is 3.26. The smallest absolute Gasteiger partial charge is 0.336 e. The van der Waals surface area contributed by atoms with Crippen LogP contribution in [0.4, 0.5) is 8.78 Å². The molecule has 8 heteroatoms. The SMILES string of the molecule is COC(=O)[C@@](C)(NC(=O)c1ccc(-n2nc(C)cc2C)cc1)c1cc(F)ccc1F. The van der Waals surface area contributed by atoms with E-state index < -0.39 is 29.0 Å². The predicted molar refractivity (Wildman–Crippen MR) is 106 cm³/mol. The molecule has 30 heavy (non-hydrogen) atoms. The maximum Gasteiger partial charge on any atom is 0.336 e. The fourth-order valence-corrected chi connectivity index (χ4v) is 3.26. The third-order valence-corrected chi connectivity index (χ3v) is 4.81. The van der Waals surface area contributed by atoms with E-state index in [1.54, 1.807) is 28.9 Å². The van der Waals surface area contributed by atoms with Gasteiger partial charge in [0.2, 0.25) is 0 Å². The topological polar surface area (TPSA) is 73.2 Å². The summed E-state index contributed by atoms with van der Waals surface area (Å²) in [4.78, 5) is 25.2. The highest BCUT2D eigenvalue weighted by Gasteiger charge is 2.40. The predicted octanol–water partition coefficient (Wildman–Crippen LogP) is 3.59. The fraction of sp³-hybridized carbons (Fsp3) is 0.227. The van der Waals surface area contributed by atoms with Crippen molar-refractivity contribution in [1.82, 2.24) is 15.1 Å². The second kappa shape index (κ2) is 8.06. The number of methoxy groups -OCH3 is 1. The van der Waals surface area contributed by atoms with Crippen LogP contribution in [-0.2, 0) is 15.1 Å². The number of hydrogen-bond donors (Lipinski definition) is 1. The number of carbonyl (C=O) groups is 2. The van der Waals surface area contributed by atoms with Gasteiger partial charge in [0.25, 0.3) is 5.91 Å². The Labute approximate surface area is 172 Å². The summed E-state index contributed by atoms with van der Waals surface area (Å²) in [5.41, 5.74) is 0.523. The average Bonchev–Trinajstić information content (AvgIpc) is 3.07. The van der Waals surface area contributed by atoms with Crippen LogP contribution in [0.2, 0.25) is 0 Å². The van der Waals surface area contributed by atoms with Gasteiger partial charge in [0.15, 0.2) is 5.54 Å². The van der Waals surface area contributed by atoms with Crippen LogP contribution in [0.25, 0.3) is 5.69 Å². The van der Waals surface area contributed by atoms with E-state index >= 15 is 0 Å². The van der Waals surface area contributed by atoms with Gasteiger partial charge >= 0.3 is 5.97 Å². The van der Waals surface area contributed by atoms with E-state index in [0.29, 0.717) is 0 Å². The zero-order valence-corrected chi connectivity index (χ0v) is 17.0. The number of nitrogens with one attached hydrogen (secondary N) is 1. The normalized spacial score (nSPS) is 12.9. The molecule has 156 valence electrons. The van der Waals surface area contributed by atoms with Crippen molar-refractivity contribution >= 4 is 11.9 Å². The lowest BCUT2D eigenvalue weighted by atomic mass is 9.90. The Hall–Kier alpha value is -3.55. The molecule has 1 atom stereocenters. The van der Waals surface area contributed by atoms with Crippen molar-refractivity contribution in [2.75, 3.05) is 7.11 Å². The number of esters is 1. The Bertz CT molecular complexity index is 1110. The first-order valence-corrected chi connectivity index (χ1v) is 9.16. The molecule has 0 fully saturated rings. The average molecular weight is 413 g/mol. The molecule has 1 N–H and O–H groups in total. The Morgan fingerprint density at radius 2 is 1.73 bits per heavy atom. The van der Waals surface area contributed by atoms with E-state index in [-0.39, 0.29) is 11.1 Å². The van der Waals surface area contributed by atoms with E-state index in [1.165, 1.54) is 6.92 Å². The van der Waals surface area contributed by atoms with Crippen LogP contribution in [-0.4, -0.2) is 28.8 Å². The number of aromatic nitrogens is 2. The number of ether oxygens (including phenoxy) is 1. The number of rotatable bonds is 5. The molecule has 1 aromatic heterocycles. The molecular formula is C22H21F2N3O3. The quantitative estimate of drug-likeness (QED) is 0.649. The van der Waals surface area contributed by atoms with Crippen molar-refractivity contribution in [2.45, 2.75) is 26.3 Å². The molecule has 0 saturated carbocycles. The van der Waals surface area contributed by atoms with Crippen molar-refractivity contribution in [3.63, 3.8) is 0 Å². The number of amides is 1. The molecule has 6 nitrogen and oxygen atoms in total. The van der Waals surface area contributed by atoms with Crippen molar-refractivity contribution in [2.24, 2.45) is 0 Å². The molecule has 1 amide bonds. The largest absolute Gasteiger partial charge is 0.467 e. The molecule has 0 aliphatic heterocycles. The Morgan fingerprint density at radius 1 is 1.07 bits per heavy atom. The van der Waals surface area contributed by atoms with Gasteiger partial charge in [0.05, 0.1) is 18.5 Å². The van der Waals surface area contributed by atoms with Gasteiger partial charge in [-0.3, -0.25) is 4.79 Å². The third-order valence-electron chi connectivity index (χ3n) is 4.81. The summed E-state index contributed by atoms with van der Waals surface area (Å²) >= 11 is 0. The molecular weight excluding hydrogens is 392 g/mol. The van der Waals surface area contributed by atoms with Crippen LogP contribution in [0, 0.1) is 25.5 Å². The summed E-state index contributed by atoms with van der Waals surface area (Å²) in [5, 5.41) is 6.86. The maximum absolute atomic E-state index is 14.4. The maximum atomic E-state index is 14.4. The van der Waals surface area contributed by atoms with Crippen molar-refractivity contribution in [3.05, 3.63) is 82.7 Å². The zero-order chi connectivity index (χ0) is 22.1. The first-order valence-electron chi connectivity index (χ1n) is 9.16. The van der Waals surface area contributed by atoms with Gasteiger partial charge in [-0.15, -0.1) is 0 Å². The molecule has 3 rings (SSSR count). The summed E-state index contributed by atoms with van der Waals surface area (Å²) < 4.78 is 34.5. The van der Waals surface area contributed by atoms with E-state index in [4.69, 9.17) is 4.74 Å². The van der Waals surface area contributed by atoms with Gasteiger partial charge in [0, 0.05) is 16.8 Å². The highest BCUT2D eigenvalue weighted by atomic mass is 19.1. The van der Waals surface area contributed by atoms with Crippen molar-refractivity contribution in [3.8, 4) is 5.69 Å². The van der Waals surface area contributed by atoms with Crippen LogP contribution in [0.15, 0.2) is 48.5 Å². The molecule has 0 saturated heterocycles. The summed E-state index contributed by atoms with van der Waals surface area (Å²) in [5.74, 6) is -3.17. The lowest BCUT2D eigenvalue weighted by Gasteiger charge is -2.29. The van der Waals surface area contributed by atoms with Gasteiger partial charge in [-0.2, -0.15) is 5.10 Å². The molecule has 0 spiro atoms. The van der Waals surface area contributed by atoms with Gasteiger partial charge in [-0.25, -0.2) is 18.3 Å². The summed E-state index contributed by atoms with van der Waals surface area (Å²) in [7, 11) is 1.10. The van der Waals surface area contributed by atoms with Crippen LogP contribution < -0.4 is 5.32 Å². The number of nitrogens with zero attached hydrogens (tertiary/aromatic N) is 2. The minimum Gasteiger partial charge on any atom is -0.467 e. The molecule has 1 heterocycles. The van der Waals surface area contributed by atoms with Crippen molar-refractivity contribution in [1.29, 1.82) is 0 Å². The molecule has 0 bridgehead atoms. The lowest BCUT2D eigenvalue weighted by Crippen LogP contribution is -2.50. The second-order valence-electron chi connectivity index (χ2n) is 7.08. The molecule has 3 aromatic rings. The van der Waals surface area contributed by atoms with E-state index in [0.717, 1.165) is 42.4 Å². The molecule has 0 unspecified atom stereocenters. The first kappa shape index (κ1) is 21.2. The van der Waals surface area contributed by atoms with Crippen LogP contribution >= 0.6 is 0 Å². The third kappa shape index (κ3) is 3.94. The minimum absolute atomic E-state index is 0.229. The summed E-state index contributed by atoms with van der Waals surface area (Å²) in [6, 6.07) is 11.1. The van der Waals surface area contributed by atoms with Gasteiger partial charge in [-0.1, -0.05) is 0 Å².